The topological polar surface area (TPSA) is 92.0 Å². The molecule has 0 unspecified atom stereocenters. The second-order valence-electron chi connectivity index (χ2n) is 6.57. The molecule has 1 heterocycles. The lowest BCUT2D eigenvalue weighted by atomic mass is 10.3. The number of furan rings is 1. The van der Waals surface area contributed by atoms with Crippen LogP contribution in [-0.2, 0) is 14.8 Å². The average Bonchev–Trinajstić information content (AvgIpc) is 3.16. The number of carbonyl (C=O) groups excluding carboxylic acids is 1. The highest BCUT2D eigenvalue weighted by Crippen LogP contribution is 2.47. The molecule has 0 spiro atoms. The van der Waals surface area contributed by atoms with Crippen LogP contribution >= 0.6 is 11.6 Å². The fourth-order valence-electron chi connectivity index (χ4n) is 2.63. The van der Waals surface area contributed by atoms with Gasteiger partial charge in [-0.1, -0.05) is 18.5 Å². The van der Waals surface area contributed by atoms with Crippen LogP contribution in [0.15, 0.2) is 50.8 Å². The molecule has 0 aliphatic heterocycles. The van der Waals surface area contributed by atoms with Crippen LogP contribution in [0.3, 0.4) is 0 Å². The van der Waals surface area contributed by atoms with E-state index in [2.05, 4.69) is 17.5 Å². The Balaban J connectivity index is 1.53. The van der Waals surface area contributed by atoms with E-state index < -0.39 is 15.9 Å². The Morgan fingerprint density at radius 1 is 1.33 bits per heavy atom. The van der Waals surface area contributed by atoms with Gasteiger partial charge in [-0.2, -0.15) is 9.41 Å². The van der Waals surface area contributed by atoms with Gasteiger partial charge in [0.25, 0.3) is 5.91 Å². The van der Waals surface area contributed by atoms with Gasteiger partial charge in [-0.05, 0) is 48.7 Å². The van der Waals surface area contributed by atoms with E-state index in [0.29, 0.717) is 22.6 Å². The third-order valence-corrected chi connectivity index (χ3v) is 6.46. The van der Waals surface area contributed by atoms with Crippen molar-refractivity contribution in [2.24, 2.45) is 11.0 Å². The van der Waals surface area contributed by atoms with E-state index in [4.69, 9.17) is 16.0 Å². The molecule has 9 heteroatoms. The van der Waals surface area contributed by atoms with Crippen molar-refractivity contribution in [2.45, 2.75) is 24.2 Å². The Bertz CT molecular complexity index is 953. The number of halogens is 1. The summed E-state index contributed by atoms with van der Waals surface area (Å²) < 4.78 is 31.4. The van der Waals surface area contributed by atoms with Gasteiger partial charge in [0, 0.05) is 18.0 Å². The lowest BCUT2D eigenvalue weighted by Gasteiger charge is -2.16. The van der Waals surface area contributed by atoms with Crippen LogP contribution in [0, 0.1) is 5.92 Å². The molecule has 0 bridgehead atoms. The Morgan fingerprint density at radius 2 is 2.00 bits per heavy atom. The SMILES string of the molecule is C[C@@H]1C[C@@H]1c1ccc(/C=N\NC(=O)CN(C)S(=O)(=O)c2ccc(Cl)cc2)o1. The number of hydrazone groups is 1. The number of benzene rings is 1. The van der Waals surface area contributed by atoms with Crippen LogP contribution in [0.5, 0.6) is 0 Å². The van der Waals surface area contributed by atoms with Crippen molar-refractivity contribution >= 4 is 33.7 Å². The van der Waals surface area contributed by atoms with Gasteiger partial charge in [0.05, 0.1) is 17.7 Å². The number of hydrogen-bond donors (Lipinski definition) is 1. The molecule has 2 atom stereocenters. The predicted molar refractivity (Wildman–Crippen MR) is 102 cm³/mol. The molecule has 1 aromatic heterocycles. The monoisotopic (exact) mass is 409 g/mol. The second kappa shape index (κ2) is 7.84. The van der Waals surface area contributed by atoms with Crippen molar-refractivity contribution < 1.29 is 17.6 Å². The predicted octanol–water partition coefficient (Wildman–Crippen LogP) is 2.83. The Morgan fingerprint density at radius 3 is 2.63 bits per heavy atom. The summed E-state index contributed by atoms with van der Waals surface area (Å²) >= 11 is 5.77. The van der Waals surface area contributed by atoms with E-state index in [-0.39, 0.29) is 11.4 Å². The molecule has 0 radical (unpaired) electrons. The highest BCUT2D eigenvalue weighted by molar-refractivity contribution is 7.89. The van der Waals surface area contributed by atoms with Crippen LogP contribution in [0.25, 0.3) is 0 Å². The zero-order valence-electron chi connectivity index (χ0n) is 14.9. The van der Waals surface area contributed by atoms with Crippen LogP contribution in [0.1, 0.15) is 30.8 Å². The van der Waals surface area contributed by atoms with Crippen LogP contribution < -0.4 is 5.43 Å². The first-order chi connectivity index (χ1) is 12.8. The molecule has 1 aromatic carbocycles. The second-order valence-corrected chi connectivity index (χ2v) is 9.05. The van der Waals surface area contributed by atoms with Gasteiger partial charge in [-0.25, -0.2) is 13.8 Å². The maximum Gasteiger partial charge on any atom is 0.255 e. The summed E-state index contributed by atoms with van der Waals surface area (Å²) in [4.78, 5) is 12.0. The molecule has 1 saturated carbocycles. The number of sulfonamides is 1. The quantitative estimate of drug-likeness (QED) is 0.562. The molecule has 0 saturated heterocycles. The molecule has 1 fully saturated rings. The van der Waals surface area contributed by atoms with Crippen LogP contribution in [0.2, 0.25) is 5.02 Å². The van der Waals surface area contributed by atoms with Crippen LogP contribution in [0.4, 0.5) is 0 Å². The van der Waals surface area contributed by atoms with E-state index in [1.807, 2.05) is 6.07 Å². The first-order valence-corrected chi connectivity index (χ1v) is 10.2. The number of nitrogens with zero attached hydrogens (tertiary/aromatic N) is 2. The third kappa shape index (κ3) is 4.77. The van der Waals surface area contributed by atoms with Gasteiger partial charge in [-0.3, -0.25) is 4.79 Å². The van der Waals surface area contributed by atoms with Crippen molar-refractivity contribution in [2.75, 3.05) is 13.6 Å². The van der Waals surface area contributed by atoms with E-state index in [1.165, 1.54) is 37.5 Å². The first kappa shape index (κ1) is 19.6. The molecule has 1 N–H and O–H groups in total. The Labute approximate surface area is 163 Å². The van der Waals surface area contributed by atoms with E-state index in [0.717, 1.165) is 16.5 Å². The van der Waals surface area contributed by atoms with Gasteiger partial charge in [0.1, 0.15) is 11.5 Å². The maximum absolute atomic E-state index is 12.4. The molecule has 144 valence electrons. The van der Waals surface area contributed by atoms with Crippen molar-refractivity contribution in [3.05, 3.63) is 52.9 Å². The minimum Gasteiger partial charge on any atom is -0.460 e. The normalized spacial score (nSPS) is 19.6. The Kier molecular flexibility index (Phi) is 5.69. The number of rotatable bonds is 7. The molecular formula is C18H20ClN3O4S. The van der Waals surface area contributed by atoms with Gasteiger partial charge in [0.15, 0.2) is 0 Å². The van der Waals surface area contributed by atoms with Crippen LogP contribution in [-0.4, -0.2) is 38.4 Å². The van der Waals surface area contributed by atoms with E-state index in [1.54, 1.807) is 6.07 Å². The molecule has 2 aromatic rings. The van der Waals surface area contributed by atoms with Gasteiger partial charge in [0.2, 0.25) is 10.0 Å². The van der Waals surface area contributed by atoms with Gasteiger partial charge >= 0.3 is 0 Å². The summed E-state index contributed by atoms with van der Waals surface area (Å²) in [5.41, 5.74) is 2.30. The fraction of sp³-hybridized carbons (Fsp3) is 0.333. The van der Waals surface area contributed by atoms with Crippen molar-refractivity contribution in [3.63, 3.8) is 0 Å². The standard InChI is InChI=1S/C18H20ClN3O4S/c1-12-9-16(12)17-8-5-14(26-17)10-20-21-18(23)11-22(2)27(24,25)15-6-3-13(19)4-7-15/h3-8,10,12,16H,9,11H2,1-2H3,(H,21,23)/b20-10-/t12-,16+/m1/s1. The molecule has 1 aliphatic rings. The lowest BCUT2D eigenvalue weighted by molar-refractivity contribution is -0.121. The lowest BCUT2D eigenvalue weighted by Crippen LogP contribution is -2.36. The summed E-state index contributed by atoms with van der Waals surface area (Å²) in [5.74, 6) is 2.00. The minimum absolute atomic E-state index is 0.0584. The summed E-state index contributed by atoms with van der Waals surface area (Å²) in [6.45, 7) is 1.79. The zero-order chi connectivity index (χ0) is 19.6. The largest absolute Gasteiger partial charge is 0.460 e. The number of carbonyl (C=O) groups is 1. The van der Waals surface area contributed by atoms with Gasteiger partial charge in [-0.15, -0.1) is 0 Å². The number of likely N-dealkylation sites (N-methyl/N-ethyl adjacent to an activating group) is 1. The first-order valence-electron chi connectivity index (χ1n) is 8.41. The Hall–Kier alpha value is -2.16. The molecule has 1 aliphatic carbocycles. The number of nitrogens with one attached hydrogen (secondary N) is 1. The fourth-order valence-corrected chi connectivity index (χ4v) is 3.89. The smallest absolute Gasteiger partial charge is 0.255 e. The summed E-state index contributed by atoms with van der Waals surface area (Å²) in [6.07, 6.45) is 2.51. The van der Waals surface area contributed by atoms with Crippen molar-refractivity contribution in [3.8, 4) is 0 Å². The van der Waals surface area contributed by atoms with E-state index >= 15 is 0 Å². The molecule has 3 rings (SSSR count). The van der Waals surface area contributed by atoms with Crippen molar-refractivity contribution in [1.29, 1.82) is 0 Å². The highest BCUT2D eigenvalue weighted by atomic mass is 35.5. The van der Waals surface area contributed by atoms with Crippen molar-refractivity contribution in [1.82, 2.24) is 9.73 Å². The minimum atomic E-state index is -3.79. The number of hydrogen-bond acceptors (Lipinski definition) is 5. The molecule has 7 nitrogen and oxygen atoms in total. The summed E-state index contributed by atoms with van der Waals surface area (Å²) in [6, 6.07) is 9.43. The molecule has 27 heavy (non-hydrogen) atoms. The maximum atomic E-state index is 12.4. The van der Waals surface area contributed by atoms with E-state index in [9.17, 15) is 13.2 Å². The highest BCUT2D eigenvalue weighted by Gasteiger charge is 2.36. The van der Waals surface area contributed by atoms with Gasteiger partial charge < -0.3 is 4.42 Å². The third-order valence-electron chi connectivity index (χ3n) is 4.39. The average molecular weight is 410 g/mol. The summed E-state index contributed by atoms with van der Waals surface area (Å²) in [5, 5.41) is 4.25. The summed E-state index contributed by atoms with van der Waals surface area (Å²) in [7, 11) is -2.47. The zero-order valence-corrected chi connectivity index (χ0v) is 16.5. The molecular weight excluding hydrogens is 390 g/mol. The molecule has 1 amide bonds. The number of amides is 1.